The number of aromatic nitrogens is 2. The minimum Gasteiger partial charge on any atom is -0.294 e. The van der Waals surface area contributed by atoms with E-state index in [0.29, 0.717) is 12.1 Å². The summed E-state index contributed by atoms with van der Waals surface area (Å²) in [4.78, 5) is 14.9. The molecule has 0 aliphatic heterocycles. The fourth-order valence-corrected chi connectivity index (χ4v) is 1.37. The summed E-state index contributed by atoms with van der Waals surface area (Å²) in [7, 11) is 0. The van der Waals surface area contributed by atoms with E-state index in [4.69, 9.17) is 0 Å². The SMILES string of the molecule is C=C=Cn1c(C=O)nc2ccccc21. The molecule has 14 heavy (non-hydrogen) atoms. The number of imidazole rings is 1. The summed E-state index contributed by atoms with van der Waals surface area (Å²) in [5, 5.41) is 0. The normalized spacial score (nSPS) is 9.71. The Morgan fingerprint density at radius 1 is 1.43 bits per heavy atom. The van der Waals surface area contributed by atoms with Crippen molar-refractivity contribution >= 4 is 23.5 Å². The Balaban J connectivity index is 2.86. The summed E-state index contributed by atoms with van der Waals surface area (Å²) in [6, 6.07) is 7.52. The molecule has 3 nitrogen and oxygen atoms in total. The van der Waals surface area contributed by atoms with E-state index in [9.17, 15) is 4.79 Å². The summed E-state index contributed by atoms with van der Waals surface area (Å²) >= 11 is 0. The highest BCUT2D eigenvalue weighted by Crippen LogP contribution is 2.14. The third-order valence-electron chi connectivity index (χ3n) is 1.95. The summed E-state index contributed by atoms with van der Waals surface area (Å²) in [5.41, 5.74) is 4.30. The predicted octanol–water partition coefficient (Wildman–Crippen LogP) is 2.10. The van der Waals surface area contributed by atoms with Crippen LogP contribution >= 0.6 is 0 Å². The summed E-state index contributed by atoms with van der Waals surface area (Å²) in [6.07, 6.45) is 2.31. The number of aldehydes is 1. The molecule has 1 aromatic carbocycles. The topological polar surface area (TPSA) is 34.9 Å². The highest BCUT2D eigenvalue weighted by molar-refractivity contribution is 5.85. The van der Waals surface area contributed by atoms with Crippen LogP contribution in [-0.2, 0) is 0 Å². The summed E-state index contributed by atoms with van der Waals surface area (Å²) < 4.78 is 1.66. The van der Waals surface area contributed by atoms with Gasteiger partial charge in [0.2, 0.25) is 0 Å². The van der Waals surface area contributed by atoms with Crippen LogP contribution in [0.4, 0.5) is 0 Å². The van der Waals surface area contributed by atoms with Crippen LogP contribution in [0.2, 0.25) is 0 Å². The van der Waals surface area contributed by atoms with Gasteiger partial charge in [0, 0.05) is 0 Å². The molecule has 0 atom stereocenters. The van der Waals surface area contributed by atoms with Gasteiger partial charge in [0.25, 0.3) is 0 Å². The second-order valence-corrected chi connectivity index (χ2v) is 2.78. The molecule has 0 radical (unpaired) electrons. The number of para-hydroxylation sites is 2. The number of fused-ring (bicyclic) bond motifs is 1. The quantitative estimate of drug-likeness (QED) is 0.529. The zero-order valence-corrected chi connectivity index (χ0v) is 7.47. The highest BCUT2D eigenvalue weighted by Gasteiger charge is 2.05. The van der Waals surface area contributed by atoms with E-state index in [0.717, 1.165) is 11.0 Å². The second kappa shape index (κ2) is 3.32. The minimum absolute atomic E-state index is 0.363. The fraction of sp³-hybridized carbons (Fsp3) is 0. The molecule has 2 aromatic rings. The average molecular weight is 184 g/mol. The van der Waals surface area contributed by atoms with Crippen LogP contribution in [-0.4, -0.2) is 15.8 Å². The number of rotatable bonds is 2. The largest absolute Gasteiger partial charge is 0.294 e. The average Bonchev–Trinajstić information content (AvgIpc) is 2.58. The molecular formula is C11H8N2O. The van der Waals surface area contributed by atoms with Crippen LogP contribution in [0, 0.1) is 0 Å². The Morgan fingerprint density at radius 2 is 2.21 bits per heavy atom. The molecule has 3 heteroatoms. The molecule has 0 unspecified atom stereocenters. The maximum atomic E-state index is 10.7. The van der Waals surface area contributed by atoms with E-state index < -0.39 is 0 Å². The molecule has 0 spiro atoms. The van der Waals surface area contributed by atoms with Crippen molar-refractivity contribution in [2.24, 2.45) is 0 Å². The zero-order chi connectivity index (χ0) is 9.97. The van der Waals surface area contributed by atoms with E-state index >= 15 is 0 Å². The first-order valence-electron chi connectivity index (χ1n) is 4.15. The highest BCUT2D eigenvalue weighted by atomic mass is 16.1. The molecule has 68 valence electrons. The van der Waals surface area contributed by atoms with Gasteiger partial charge in [0.05, 0.1) is 17.2 Å². The first-order chi connectivity index (χ1) is 6.86. The second-order valence-electron chi connectivity index (χ2n) is 2.78. The lowest BCUT2D eigenvalue weighted by molar-refractivity contribution is 0.111. The first kappa shape index (κ1) is 8.48. The minimum atomic E-state index is 0.363. The van der Waals surface area contributed by atoms with Gasteiger partial charge < -0.3 is 0 Å². The molecule has 0 fully saturated rings. The van der Waals surface area contributed by atoms with Gasteiger partial charge in [-0.1, -0.05) is 18.7 Å². The van der Waals surface area contributed by atoms with Gasteiger partial charge in [0.1, 0.15) is 0 Å². The third-order valence-corrected chi connectivity index (χ3v) is 1.95. The lowest BCUT2D eigenvalue weighted by atomic mass is 10.3. The van der Waals surface area contributed by atoms with Gasteiger partial charge in [0.15, 0.2) is 12.1 Å². The predicted molar refractivity (Wildman–Crippen MR) is 55.0 cm³/mol. The van der Waals surface area contributed by atoms with E-state index in [2.05, 4.69) is 17.3 Å². The van der Waals surface area contributed by atoms with E-state index in [1.165, 1.54) is 0 Å². The van der Waals surface area contributed by atoms with Gasteiger partial charge in [-0.05, 0) is 12.1 Å². The van der Waals surface area contributed by atoms with Crippen molar-refractivity contribution in [3.8, 4) is 0 Å². The van der Waals surface area contributed by atoms with E-state index in [-0.39, 0.29) is 0 Å². The van der Waals surface area contributed by atoms with E-state index in [1.54, 1.807) is 10.8 Å². The third kappa shape index (κ3) is 1.16. The van der Waals surface area contributed by atoms with Gasteiger partial charge in [-0.3, -0.25) is 9.36 Å². The molecule has 0 aliphatic carbocycles. The molecule has 1 heterocycles. The van der Waals surface area contributed by atoms with Crippen molar-refractivity contribution in [3.05, 3.63) is 42.4 Å². The molecule has 0 saturated carbocycles. The van der Waals surface area contributed by atoms with E-state index in [1.807, 2.05) is 24.3 Å². The maximum absolute atomic E-state index is 10.7. The molecule has 0 saturated heterocycles. The van der Waals surface area contributed by atoms with Gasteiger partial charge in [-0.15, -0.1) is 5.73 Å². The van der Waals surface area contributed by atoms with Crippen molar-refractivity contribution < 1.29 is 4.79 Å². The lowest BCUT2D eigenvalue weighted by Crippen LogP contribution is -1.92. The summed E-state index contributed by atoms with van der Waals surface area (Å²) in [5.74, 6) is 0.363. The van der Waals surface area contributed by atoms with Crippen molar-refractivity contribution in [3.63, 3.8) is 0 Å². The Hall–Kier alpha value is -2.12. The summed E-state index contributed by atoms with van der Waals surface area (Å²) in [6.45, 7) is 3.47. The Bertz CT molecular complexity index is 533. The van der Waals surface area contributed by atoms with Gasteiger partial charge in [-0.25, -0.2) is 4.98 Å². The van der Waals surface area contributed by atoms with Crippen LogP contribution in [0.5, 0.6) is 0 Å². The molecule has 0 aliphatic rings. The molecule has 0 amide bonds. The maximum Gasteiger partial charge on any atom is 0.185 e. The monoisotopic (exact) mass is 184 g/mol. The number of nitrogens with zero attached hydrogens (tertiary/aromatic N) is 2. The van der Waals surface area contributed by atoms with Crippen molar-refractivity contribution in [1.29, 1.82) is 0 Å². The number of hydrogen-bond donors (Lipinski definition) is 0. The number of carbonyl (C=O) groups excluding carboxylic acids is 1. The fourth-order valence-electron chi connectivity index (χ4n) is 1.37. The Labute approximate surface area is 81.0 Å². The van der Waals surface area contributed by atoms with Crippen molar-refractivity contribution in [2.75, 3.05) is 0 Å². The molecular weight excluding hydrogens is 176 g/mol. The van der Waals surface area contributed by atoms with Crippen molar-refractivity contribution in [1.82, 2.24) is 9.55 Å². The number of hydrogen-bond acceptors (Lipinski definition) is 2. The van der Waals surface area contributed by atoms with Crippen LogP contribution in [0.3, 0.4) is 0 Å². The molecule has 1 aromatic heterocycles. The lowest BCUT2D eigenvalue weighted by Gasteiger charge is -1.94. The van der Waals surface area contributed by atoms with Crippen LogP contribution in [0.1, 0.15) is 10.6 Å². The van der Waals surface area contributed by atoms with Gasteiger partial charge in [-0.2, -0.15) is 0 Å². The number of benzene rings is 1. The smallest absolute Gasteiger partial charge is 0.185 e. The van der Waals surface area contributed by atoms with Crippen molar-refractivity contribution in [2.45, 2.75) is 0 Å². The van der Waals surface area contributed by atoms with Crippen LogP contribution in [0.15, 0.2) is 36.6 Å². The Kier molecular flexibility index (Phi) is 2.01. The molecule has 0 N–H and O–H groups in total. The molecule has 0 bridgehead atoms. The number of carbonyl (C=O) groups is 1. The Morgan fingerprint density at radius 3 is 2.93 bits per heavy atom. The molecule has 2 rings (SSSR count). The first-order valence-corrected chi connectivity index (χ1v) is 4.15. The van der Waals surface area contributed by atoms with Crippen LogP contribution in [0.25, 0.3) is 17.2 Å². The van der Waals surface area contributed by atoms with Crippen LogP contribution < -0.4 is 0 Å². The van der Waals surface area contributed by atoms with Gasteiger partial charge >= 0.3 is 0 Å². The standard InChI is InChI=1S/C11H8N2O/c1-2-7-13-10-6-4-3-5-9(10)12-11(13)8-14/h3-8H,1H2. The zero-order valence-electron chi connectivity index (χ0n) is 7.47.